The van der Waals surface area contributed by atoms with Gasteiger partial charge in [0.2, 0.25) is 0 Å². The molecule has 1 aliphatic rings. The standard InChI is InChI=1S/C13H27NO2/c1-4-11(14-5-2)10-16-13-8-6-7-12(9-13)15-3/h11-14H,4-10H2,1-3H3. The van der Waals surface area contributed by atoms with Crippen molar-refractivity contribution in [3.63, 3.8) is 0 Å². The Hall–Kier alpha value is -0.120. The van der Waals surface area contributed by atoms with Gasteiger partial charge in [0.25, 0.3) is 0 Å². The van der Waals surface area contributed by atoms with Crippen LogP contribution in [0, 0.1) is 0 Å². The number of likely N-dealkylation sites (N-methyl/N-ethyl adjacent to an activating group) is 1. The van der Waals surface area contributed by atoms with Crippen LogP contribution >= 0.6 is 0 Å². The van der Waals surface area contributed by atoms with E-state index in [0.29, 0.717) is 18.2 Å². The molecule has 3 nitrogen and oxygen atoms in total. The summed E-state index contributed by atoms with van der Waals surface area (Å²) < 4.78 is 11.4. The Morgan fingerprint density at radius 1 is 1.25 bits per heavy atom. The van der Waals surface area contributed by atoms with Crippen molar-refractivity contribution in [1.29, 1.82) is 0 Å². The van der Waals surface area contributed by atoms with Gasteiger partial charge >= 0.3 is 0 Å². The number of nitrogens with one attached hydrogen (secondary N) is 1. The number of ether oxygens (including phenoxy) is 2. The molecule has 0 spiro atoms. The summed E-state index contributed by atoms with van der Waals surface area (Å²) in [7, 11) is 1.81. The minimum atomic E-state index is 0.409. The topological polar surface area (TPSA) is 30.5 Å². The van der Waals surface area contributed by atoms with E-state index in [2.05, 4.69) is 19.2 Å². The Bertz CT molecular complexity index is 175. The summed E-state index contributed by atoms with van der Waals surface area (Å²) in [6.45, 7) is 6.21. The molecule has 0 aliphatic heterocycles. The molecule has 96 valence electrons. The van der Waals surface area contributed by atoms with Crippen LogP contribution in [0.25, 0.3) is 0 Å². The van der Waals surface area contributed by atoms with Gasteiger partial charge in [-0.25, -0.2) is 0 Å². The first kappa shape index (κ1) is 13.9. The molecule has 0 aromatic carbocycles. The Labute approximate surface area is 99.9 Å². The first-order chi connectivity index (χ1) is 7.80. The summed E-state index contributed by atoms with van der Waals surface area (Å²) in [6, 6.07) is 0.507. The van der Waals surface area contributed by atoms with E-state index in [9.17, 15) is 0 Å². The van der Waals surface area contributed by atoms with Crippen LogP contribution in [0.1, 0.15) is 46.0 Å². The lowest BCUT2D eigenvalue weighted by Gasteiger charge is -2.29. The molecule has 1 saturated carbocycles. The lowest BCUT2D eigenvalue weighted by Crippen LogP contribution is -2.36. The molecule has 0 heterocycles. The zero-order valence-electron chi connectivity index (χ0n) is 11.0. The van der Waals surface area contributed by atoms with Gasteiger partial charge in [0, 0.05) is 13.2 Å². The van der Waals surface area contributed by atoms with Crippen LogP contribution in [0.4, 0.5) is 0 Å². The van der Waals surface area contributed by atoms with Crippen molar-refractivity contribution in [3.8, 4) is 0 Å². The molecule has 16 heavy (non-hydrogen) atoms. The van der Waals surface area contributed by atoms with Gasteiger partial charge in [0.15, 0.2) is 0 Å². The van der Waals surface area contributed by atoms with Crippen molar-refractivity contribution in [2.75, 3.05) is 20.3 Å². The smallest absolute Gasteiger partial charge is 0.0623 e. The molecule has 0 aromatic heterocycles. The van der Waals surface area contributed by atoms with Crippen LogP contribution in [0.2, 0.25) is 0 Å². The molecule has 1 N–H and O–H groups in total. The first-order valence-corrected chi connectivity index (χ1v) is 6.67. The number of hydrogen-bond donors (Lipinski definition) is 1. The summed E-state index contributed by atoms with van der Waals surface area (Å²) in [5.41, 5.74) is 0. The van der Waals surface area contributed by atoms with Gasteiger partial charge < -0.3 is 14.8 Å². The van der Waals surface area contributed by atoms with Crippen LogP contribution in [-0.2, 0) is 9.47 Å². The van der Waals surface area contributed by atoms with E-state index < -0.39 is 0 Å². The zero-order chi connectivity index (χ0) is 11.8. The van der Waals surface area contributed by atoms with Crippen molar-refractivity contribution >= 4 is 0 Å². The van der Waals surface area contributed by atoms with Crippen LogP contribution in [-0.4, -0.2) is 38.5 Å². The second-order valence-electron chi connectivity index (χ2n) is 4.64. The molecule has 0 amide bonds. The number of hydrogen-bond acceptors (Lipinski definition) is 3. The molecule has 0 radical (unpaired) electrons. The monoisotopic (exact) mass is 229 g/mol. The molecule has 3 unspecified atom stereocenters. The molecule has 0 saturated heterocycles. The Morgan fingerprint density at radius 2 is 2.00 bits per heavy atom. The van der Waals surface area contributed by atoms with Crippen LogP contribution in [0.5, 0.6) is 0 Å². The second-order valence-corrected chi connectivity index (χ2v) is 4.64. The second kappa shape index (κ2) is 8.04. The van der Waals surface area contributed by atoms with E-state index in [4.69, 9.17) is 9.47 Å². The summed E-state index contributed by atoms with van der Waals surface area (Å²) in [5, 5.41) is 3.44. The average molecular weight is 229 g/mol. The lowest BCUT2D eigenvalue weighted by molar-refractivity contribution is -0.0355. The van der Waals surface area contributed by atoms with Crippen molar-refractivity contribution in [2.24, 2.45) is 0 Å². The lowest BCUT2D eigenvalue weighted by atomic mass is 9.95. The van der Waals surface area contributed by atoms with E-state index in [-0.39, 0.29) is 0 Å². The molecule has 0 bridgehead atoms. The normalized spacial score (nSPS) is 27.9. The van der Waals surface area contributed by atoms with Gasteiger partial charge in [0.05, 0.1) is 18.8 Å². The predicted octanol–water partition coefficient (Wildman–Crippen LogP) is 2.35. The summed E-state index contributed by atoms with van der Waals surface area (Å²) in [5.74, 6) is 0. The molecule has 1 rings (SSSR count). The average Bonchev–Trinajstić information content (AvgIpc) is 2.34. The van der Waals surface area contributed by atoms with Gasteiger partial charge in [0.1, 0.15) is 0 Å². The molecular formula is C13H27NO2. The molecule has 0 aromatic rings. The quantitative estimate of drug-likeness (QED) is 0.727. The fourth-order valence-electron chi connectivity index (χ4n) is 2.33. The molecule has 3 heteroatoms. The zero-order valence-corrected chi connectivity index (χ0v) is 11.0. The highest BCUT2D eigenvalue weighted by Gasteiger charge is 2.22. The van der Waals surface area contributed by atoms with Crippen molar-refractivity contribution in [2.45, 2.75) is 64.2 Å². The van der Waals surface area contributed by atoms with Crippen LogP contribution < -0.4 is 5.32 Å². The van der Waals surface area contributed by atoms with Gasteiger partial charge in [-0.05, 0) is 38.6 Å². The maximum absolute atomic E-state index is 5.98. The minimum absolute atomic E-state index is 0.409. The van der Waals surface area contributed by atoms with E-state index in [1.807, 2.05) is 0 Å². The van der Waals surface area contributed by atoms with Crippen LogP contribution in [0.3, 0.4) is 0 Å². The molecule has 1 fully saturated rings. The van der Waals surface area contributed by atoms with E-state index in [1.54, 1.807) is 7.11 Å². The fraction of sp³-hybridized carbons (Fsp3) is 1.00. The van der Waals surface area contributed by atoms with E-state index >= 15 is 0 Å². The van der Waals surface area contributed by atoms with Crippen LogP contribution in [0.15, 0.2) is 0 Å². The predicted molar refractivity (Wildman–Crippen MR) is 66.8 cm³/mol. The summed E-state index contributed by atoms with van der Waals surface area (Å²) in [4.78, 5) is 0. The summed E-state index contributed by atoms with van der Waals surface area (Å²) in [6.07, 6.45) is 6.65. The molecular weight excluding hydrogens is 202 g/mol. The summed E-state index contributed by atoms with van der Waals surface area (Å²) >= 11 is 0. The first-order valence-electron chi connectivity index (χ1n) is 6.67. The van der Waals surface area contributed by atoms with Crippen molar-refractivity contribution in [3.05, 3.63) is 0 Å². The van der Waals surface area contributed by atoms with Crippen molar-refractivity contribution in [1.82, 2.24) is 5.32 Å². The third-order valence-corrected chi connectivity index (χ3v) is 3.43. The van der Waals surface area contributed by atoms with Gasteiger partial charge in [-0.3, -0.25) is 0 Å². The highest BCUT2D eigenvalue weighted by molar-refractivity contribution is 4.74. The maximum Gasteiger partial charge on any atom is 0.0623 e. The Kier molecular flexibility index (Phi) is 7.01. The maximum atomic E-state index is 5.98. The number of methoxy groups -OCH3 is 1. The van der Waals surface area contributed by atoms with E-state index in [1.165, 1.54) is 19.3 Å². The fourth-order valence-corrected chi connectivity index (χ4v) is 2.33. The Balaban J connectivity index is 2.20. The largest absolute Gasteiger partial charge is 0.381 e. The van der Waals surface area contributed by atoms with Gasteiger partial charge in [-0.2, -0.15) is 0 Å². The molecule has 1 aliphatic carbocycles. The SMILES string of the molecule is CCNC(CC)COC1CCCC(OC)C1. The molecule has 3 atom stereocenters. The van der Waals surface area contributed by atoms with Gasteiger partial charge in [-0.1, -0.05) is 13.8 Å². The number of rotatable bonds is 7. The highest BCUT2D eigenvalue weighted by Crippen LogP contribution is 2.23. The third-order valence-electron chi connectivity index (χ3n) is 3.43. The van der Waals surface area contributed by atoms with E-state index in [0.717, 1.165) is 26.0 Å². The highest BCUT2D eigenvalue weighted by atomic mass is 16.5. The van der Waals surface area contributed by atoms with Gasteiger partial charge in [-0.15, -0.1) is 0 Å². The minimum Gasteiger partial charge on any atom is -0.381 e. The van der Waals surface area contributed by atoms with Crippen molar-refractivity contribution < 1.29 is 9.47 Å². The Morgan fingerprint density at radius 3 is 2.62 bits per heavy atom. The third kappa shape index (κ3) is 4.81.